The fourth-order valence-corrected chi connectivity index (χ4v) is 2.00. The van der Waals surface area contributed by atoms with Crippen molar-refractivity contribution in [3.05, 3.63) is 6.07 Å². The first kappa shape index (κ1) is 7.42. The molecule has 0 aromatic carbocycles. The van der Waals surface area contributed by atoms with Crippen LogP contribution in [0.15, 0.2) is 6.07 Å². The number of hydrogen-bond acceptors (Lipinski definition) is 4. The molecular formula is C7H10N4S. The van der Waals surface area contributed by atoms with Gasteiger partial charge in [-0.3, -0.25) is 0 Å². The average Bonchev–Trinajstić information content (AvgIpc) is 2.44. The molecule has 0 atom stereocenters. The quantitative estimate of drug-likeness (QED) is 0.661. The van der Waals surface area contributed by atoms with Gasteiger partial charge in [0, 0.05) is 6.54 Å². The van der Waals surface area contributed by atoms with Gasteiger partial charge in [0.15, 0.2) is 10.8 Å². The predicted octanol–water partition coefficient (Wildman–Crippen LogP) is 1.64. The van der Waals surface area contributed by atoms with Gasteiger partial charge >= 0.3 is 0 Å². The Kier molecular flexibility index (Phi) is 1.65. The van der Waals surface area contributed by atoms with Gasteiger partial charge in [0.05, 0.1) is 4.70 Å². The fourth-order valence-electron chi connectivity index (χ4n) is 1.06. The standard InChI is InChI=1S/C7H10N4S/c1-2-9-7-11-6-4(12-7)3-5(8)10-6/h3,10H,2,8H2,1H3,(H,9,11). The van der Waals surface area contributed by atoms with Crippen LogP contribution in [0.4, 0.5) is 10.9 Å². The molecule has 0 saturated carbocycles. The minimum atomic E-state index is 0.673. The number of nitrogens with one attached hydrogen (secondary N) is 2. The molecule has 0 saturated heterocycles. The zero-order chi connectivity index (χ0) is 8.55. The van der Waals surface area contributed by atoms with Gasteiger partial charge in [0.1, 0.15) is 5.82 Å². The van der Waals surface area contributed by atoms with Gasteiger partial charge in [-0.1, -0.05) is 11.3 Å². The smallest absolute Gasteiger partial charge is 0.185 e. The number of H-pyrrole nitrogens is 1. The molecule has 0 radical (unpaired) electrons. The van der Waals surface area contributed by atoms with E-state index in [0.717, 1.165) is 22.0 Å². The van der Waals surface area contributed by atoms with E-state index >= 15 is 0 Å². The Labute approximate surface area is 73.8 Å². The van der Waals surface area contributed by atoms with Crippen LogP contribution < -0.4 is 11.1 Å². The molecule has 2 aromatic heterocycles. The maximum absolute atomic E-state index is 5.55. The van der Waals surface area contributed by atoms with E-state index in [9.17, 15) is 0 Å². The molecule has 12 heavy (non-hydrogen) atoms. The number of nitrogens with two attached hydrogens (primary N) is 1. The molecule has 0 spiro atoms. The summed E-state index contributed by atoms with van der Waals surface area (Å²) in [6.07, 6.45) is 0. The molecule has 0 aliphatic heterocycles. The Morgan fingerprint density at radius 2 is 2.58 bits per heavy atom. The minimum absolute atomic E-state index is 0.673. The van der Waals surface area contributed by atoms with Crippen molar-refractivity contribution in [2.24, 2.45) is 0 Å². The molecule has 5 heteroatoms. The van der Waals surface area contributed by atoms with Crippen LogP contribution >= 0.6 is 11.3 Å². The largest absolute Gasteiger partial charge is 0.385 e. The molecule has 2 heterocycles. The number of nitrogen functional groups attached to an aromatic ring is 1. The summed E-state index contributed by atoms with van der Waals surface area (Å²) >= 11 is 1.61. The van der Waals surface area contributed by atoms with Gasteiger partial charge in [-0.05, 0) is 13.0 Å². The van der Waals surface area contributed by atoms with Gasteiger partial charge in [-0.15, -0.1) is 0 Å². The van der Waals surface area contributed by atoms with Gasteiger partial charge in [-0.2, -0.15) is 0 Å². The van der Waals surface area contributed by atoms with Crippen molar-refractivity contribution in [1.29, 1.82) is 0 Å². The molecule has 4 N–H and O–H groups in total. The molecule has 4 nitrogen and oxygen atoms in total. The van der Waals surface area contributed by atoms with Crippen LogP contribution in [0.2, 0.25) is 0 Å². The number of aromatic nitrogens is 2. The second kappa shape index (κ2) is 2.67. The van der Waals surface area contributed by atoms with Crippen molar-refractivity contribution in [3.63, 3.8) is 0 Å². The summed E-state index contributed by atoms with van der Waals surface area (Å²) in [5.41, 5.74) is 6.42. The average molecular weight is 182 g/mol. The SMILES string of the molecule is CCNc1nc2[nH]c(N)cc2s1. The third-order valence-corrected chi connectivity index (χ3v) is 2.49. The Hall–Kier alpha value is -1.23. The number of fused-ring (bicyclic) bond motifs is 1. The summed E-state index contributed by atoms with van der Waals surface area (Å²) in [7, 11) is 0. The van der Waals surface area contributed by atoms with Crippen molar-refractivity contribution in [3.8, 4) is 0 Å². The number of hydrogen-bond donors (Lipinski definition) is 3. The zero-order valence-corrected chi connectivity index (χ0v) is 7.53. The molecule has 2 rings (SSSR count). The predicted molar refractivity (Wildman–Crippen MR) is 52.5 cm³/mol. The summed E-state index contributed by atoms with van der Waals surface area (Å²) in [5.74, 6) is 0.673. The van der Waals surface area contributed by atoms with Crippen molar-refractivity contribution in [2.45, 2.75) is 6.92 Å². The number of thiazole rings is 1. The van der Waals surface area contributed by atoms with E-state index in [2.05, 4.69) is 15.3 Å². The van der Waals surface area contributed by atoms with Crippen LogP contribution in [-0.2, 0) is 0 Å². The summed E-state index contributed by atoms with van der Waals surface area (Å²) in [5, 5.41) is 4.09. The van der Waals surface area contributed by atoms with Crippen LogP contribution in [0.3, 0.4) is 0 Å². The lowest BCUT2D eigenvalue weighted by molar-refractivity contribution is 1.19. The molecular weight excluding hydrogens is 172 g/mol. The molecule has 0 bridgehead atoms. The number of rotatable bonds is 2. The molecule has 0 aliphatic carbocycles. The van der Waals surface area contributed by atoms with E-state index in [1.165, 1.54) is 0 Å². The first-order valence-electron chi connectivity index (χ1n) is 3.78. The van der Waals surface area contributed by atoms with Crippen LogP contribution in [0.5, 0.6) is 0 Å². The highest BCUT2D eigenvalue weighted by Crippen LogP contribution is 2.26. The van der Waals surface area contributed by atoms with Crippen LogP contribution in [0, 0.1) is 0 Å². The number of anilines is 2. The second-order valence-corrected chi connectivity index (χ2v) is 3.52. The lowest BCUT2D eigenvalue weighted by Gasteiger charge is -1.92. The molecule has 0 fully saturated rings. The summed E-state index contributed by atoms with van der Waals surface area (Å²) in [6, 6.07) is 1.90. The third-order valence-electron chi connectivity index (χ3n) is 1.53. The van der Waals surface area contributed by atoms with E-state index < -0.39 is 0 Å². The fraction of sp³-hybridized carbons (Fsp3) is 0.286. The Morgan fingerprint density at radius 1 is 1.75 bits per heavy atom. The lowest BCUT2D eigenvalue weighted by Crippen LogP contribution is -1.94. The molecule has 2 aromatic rings. The number of aromatic amines is 1. The van der Waals surface area contributed by atoms with Crippen molar-refractivity contribution >= 4 is 32.6 Å². The Bertz CT molecular complexity index is 357. The van der Waals surface area contributed by atoms with Gasteiger partial charge in [-0.25, -0.2) is 4.98 Å². The summed E-state index contributed by atoms with van der Waals surface area (Å²) in [6.45, 7) is 2.94. The highest BCUT2D eigenvalue weighted by Gasteiger charge is 2.04. The maximum atomic E-state index is 5.55. The minimum Gasteiger partial charge on any atom is -0.385 e. The zero-order valence-electron chi connectivity index (χ0n) is 6.72. The summed E-state index contributed by atoms with van der Waals surface area (Å²) in [4.78, 5) is 7.27. The second-order valence-electron chi connectivity index (χ2n) is 2.49. The topological polar surface area (TPSA) is 66.7 Å². The summed E-state index contributed by atoms with van der Waals surface area (Å²) < 4.78 is 1.10. The van der Waals surface area contributed by atoms with E-state index in [1.807, 2.05) is 13.0 Å². The first-order chi connectivity index (χ1) is 5.79. The van der Waals surface area contributed by atoms with Crippen LogP contribution in [0.25, 0.3) is 10.3 Å². The van der Waals surface area contributed by atoms with E-state index in [4.69, 9.17) is 5.73 Å². The van der Waals surface area contributed by atoms with Crippen molar-refractivity contribution in [2.75, 3.05) is 17.6 Å². The highest BCUT2D eigenvalue weighted by molar-refractivity contribution is 7.22. The molecule has 0 unspecified atom stereocenters. The Morgan fingerprint density at radius 3 is 3.25 bits per heavy atom. The van der Waals surface area contributed by atoms with Crippen molar-refractivity contribution in [1.82, 2.24) is 9.97 Å². The molecule has 0 aliphatic rings. The monoisotopic (exact) mass is 182 g/mol. The lowest BCUT2D eigenvalue weighted by atomic mass is 10.6. The molecule has 0 amide bonds. The van der Waals surface area contributed by atoms with Gasteiger partial charge in [0.2, 0.25) is 0 Å². The maximum Gasteiger partial charge on any atom is 0.185 e. The third kappa shape index (κ3) is 1.12. The van der Waals surface area contributed by atoms with Crippen molar-refractivity contribution < 1.29 is 0 Å². The van der Waals surface area contributed by atoms with E-state index in [1.54, 1.807) is 11.3 Å². The Balaban J connectivity index is 2.43. The van der Waals surface area contributed by atoms with E-state index in [0.29, 0.717) is 5.82 Å². The van der Waals surface area contributed by atoms with Gasteiger partial charge < -0.3 is 16.0 Å². The number of nitrogens with zero attached hydrogens (tertiary/aromatic N) is 1. The van der Waals surface area contributed by atoms with Crippen LogP contribution in [-0.4, -0.2) is 16.5 Å². The highest BCUT2D eigenvalue weighted by atomic mass is 32.1. The normalized spacial score (nSPS) is 10.8. The van der Waals surface area contributed by atoms with Gasteiger partial charge in [0.25, 0.3) is 0 Å². The first-order valence-corrected chi connectivity index (χ1v) is 4.60. The van der Waals surface area contributed by atoms with Crippen LogP contribution in [0.1, 0.15) is 6.92 Å². The molecule has 64 valence electrons. The van der Waals surface area contributed by atoms with E-state index in [-0.39, 0.29) is 0 Å².